The van der Waals surface area contributed by atoms with Crippen molar-refractivity contribution >= 4 is 17.4 Å². The Balaban J connectivity index is 2.41. The predicted octanol–water partition coefficient (Wildman–Crippen LogP) is 1.40. The molecular formula is C9H15ClN4. The molecule has 0 spiro atoms. The van der Waals surface area contributed by atoms with Crippen molar-refractivity contribution in [3.8, 4) is 0 Å². The predicted molar refractivity (Wildman–Crippen MR) is 58.6 cm³/mol. The molecule has 1 unspecified atom stereocenters. The van der Waals surface area contributed by atoms with Crippen LogP contribution in [0.3, 0.4) is 0 Å². The third-order valence-electron chi connectivity index (χ3n) is 1.84. The van der Waals surface area contributed by atoms with Gasteiger partial charge in [0.25, 0.3) is 0 Å². The van der Waals surface area contributed by atoms with Crippen molar-refractivity contribution in [2.75, 3.05) is 25.5 Å². The number of nitrogens with one attached hydrogen (secondary N) is 2. The monoisotopic (exact) mass is 214 g/mol. The van der Waals surface area contributed by atoms with E-state index in [0.29, 0.717) is 16.8 Å². The molecule has 4 nitrogen and oxygen atoms in total. The van der Waals surface area contributed by atoms with Gasteiger partial charge >= 0.3 is 0 Å². The highest BCUT2D eigenvalue weighted by atomic mass is 35.5. The summed E-state index contributed by atoms with van der Waals surface area (Å²) in [5, 5.41) is 6.85. The summed E-state index contributed by atoms with van der Waals surface area (Å²) >= 11 is 5.88. The first kappa shape index (κ1) is 11.2. The summed E-state index contributed by atoms with van der Waals surface area (Å²) in [5.41, 5.74) is 0. The minimum atomic E-state index is 0.533. The molecule has 0 amide bonds. The van der Waals surface area contributed by atoms with Crippen molar-refractivity contribution in [1.82, 2.24) is 15.3 Å². The summed E-state index contributed by atoms with van der Waals surface area (Å²) in [5.74, 6) is 1.23. The maximum atomic E-state index is 5.88. The lowest BCUT2D eigenvalue weighted by molar-refractivity contribution is 0.569. The Hall–Kier alpha value is -0.870. The zero-order chi connectivity index (χ0) is 10.4. The van der Waals surface area contributed by atoms with E-state index in [0.717, 1.165) is 13.1 Å². The van der Waals surface area contributed by atoms with Gasteiger partial charge in [0.1, 0.15) is 17.2 Å². The van der Waals surface area contributed by atoms with E-state index in [9.17, 15) is 0 Å². The lowest BCUT2D eigenvalue weighted by Gasteiger charge is -2.12. The highest BCUT2D eigenvalue weighted by molar-refractivity contribution is 6.32. The molecule has 0 bridgehead atoms. The molecule has 2 N–H and O–H groups in total. The molecule has 5 heteroatoms. The number of rotatable bonds is 5. The van der Waals surface area contributed by atoms with Crippen LogP contribution in [0.4, 0.5) is 5.82 Å². The molecule has 0 aliphatic heterocycles. The van der Waals surface area contributed by atoms with Gasteiger partial charge < -0.3 is 10.6 Å². The molecular weight excluding hydrogens is 200 g/mol. The standard InChI is InChI=1S/C9H15ClN4/c1-7(3-11-2)4-13-9-8(10)5-12-6-14-9/h5-7,11H,3-4H2,1-2H3,(H,12,13,14). The largest absolute Gasteiger partial charge is 0.368 e. The normalized spacial score (nSPS) is 12.5. The van der Waals surface area contributed by atoms with E-state index in [1.165, 1.54) is 6.33 Å². The molecule has 0 radical (unpaired) electrons. The Kier molecular flexibility index (Phi) is 4.62. The van der Waals surface area contributed by atoms with E-state index in [-0.39, 0.29) is 0 Å². The van der Waals surface area contributed by atoms with Crippen LogP contribution in [0.15, 0.2) is 12.5 Å². The van der Waals surface area contributed by atoms with Gasteiger partial charge in [-0.25, -0.2) is 9.97 Å². The molecule has 1 aromatic heterocycles. The summed E-state index contributed by atoms with van der Waals surface area (Å²) in [6, 6.07) is 0. The van der Waals surface area contributed by atoms with E-state index < -0.39 is 0 Å². The van der Waals surface area contributed by atoms with E-state index >= 15 is 0 Å². The summed E-state index contributed by atoms with van der Waals surface area (Å²) in [7, 11) is 1.94. The van der Waals surface area contributed by atoms with Gasteiger partial charge in [-0.2, -0.15) is 0 Å². The number of anilines is 1. The lowest BCUT2D eigenvalue weighted by atomic mass is 10.2. The average Bonchev–Trinajstić information content (AvgIpc) is 2.17. The van der Waals surface area contributed by atoms with Crippen molar-refractivity contribution in [3.63, 3.8) is 0 Å². The summed E-state index contributed by atoms with van der Waals surface area (Å²) in [6.45, 7) is 3.96. The van der Waals surface area contributed by atoms with Crippen LogP contribution in [0, 0.1) is 5.92 Å². The van der Waals surface area contributed by atoms with Crippen molar-refractivity contribution in [1.29, 1.82) is 0 Å². The molecule has 1 aromatic rings. The van der Waals surface area contributed by atoms with Crippen LogP contribution in [0.5, 0.6) is 0 Å². The number of nitrogens with zero attached hydrogens (tertiary/aromatic N) is 2. The van der Waals surface area contributed by atoms with Crippen molar-refractivity contribution in [3.05, 3.63) is 17.5 Å². The quantitative estimate of drug-likeness (QED) is 0.778. The molecule has 0 aliphatic carbocycles. The van der Waals surface area contributed by atoms with E-state index in [2.05, 4.69) is 27.5 Å². The average molecular weight is 215 g/mol. The summed E-state index contributed by atoms with van der Waals surface area (Å²) in [6.07, 6.45) is 3.07. The molecule has 78 valence electrons. The summed E-state index contributed by atoms with van der Waals surface area (Å²) in [4.78, 5) is 7.85. The van der Waals surface area contributed by atoms with Crippen LogP contribution in [-0.2, 0) is 0 Å². The molecule has 0 saturated heterocycles. The zero-order valence-corrected chi connectivity index (χ0v) is 9.17. The third-order valence-corrected chi connectivity index (χ3v) is 2.11. The first-order chi connectivity index (χ1) is 6.74. The molecule has 0 aromatic carbocycles. The smallest absolute Gasteiger partial charge is 0.148 e. The van der Waals surface area contributed by atoms with Gasteiger partial charge in [-0.05, 0) is 19.5 Å². The molecule has 1 rings (SSSR count). The minimum Gasteiger partial charge on any atom is -0.368 e. The van der Waals surface area contributed by atoms with Crippen molar-refractivity contribution in [2.24, 2.45) is 5.92 Å². The Labute approximate surface area is 89.1 Å². The van der Waals surface area contributed by atoms with Gasteiger partial charge in [0.05, 0.1) is 6.20 Å². The topological polar surface area (TPSA) is 49.8 Å². The Morgan fingerprint density at radius 3 is 2.93 bits per heavy atom. The number of aromatic nitrogens is 2. The number of hydrogen-bond acceptors (Lipinski definition) is 4. The Morgan fingerprint density at radius 1 is 1.50 bits per heavy atom. The Bertz CT molecular complexity index is 279. The lowest BCUT2D eigenvalue weighted by Crippen LogP contribution is -2.23. The third kappa shape index (κ3) is 3.47. The van der Waals surface area contributed by atoms with Gasteiger partial charge in [0.15, 0.2) is 0 Å². The second-order valence-electron chi connectivity index (χ2n) is 3.26. The maximum Gasteiger partial charge on any atom is 0.148 e. The van der Waals surface area contributed by atoms with Gasteiger partial charge in [0, 0.05) is 6.54 Å². The fourth-order valence-electron chi connectivity index (χ4n) is 1.13. The van der Waals surface area contributed by atoms with Crippen LogP contribution >= 0.6 is 11.6 Å². The van der Waals surface area contributed by atoms with Gasteiger partial charge in [-0.1, -0.05) is 18.5 Å². The second-order valence-corrected chi connectivity index (χ2v) is 3.67. The fraction of sp³-hybridized carbons (Fsp3) is 0.556. The Morgan fingerprint density at radius 2 is 2.29 bits per heavy atom. The van der Waals surface area contributed by atoms with Gasteiger partial charge in [-0.15, -0.1) is 0 Å². The van der Waals surface area contributed by atoms with E-state index in [1.54, 1.807) is 6.20 Å². The molecule has 0 fully saturated rings. The first-order valence-corrected chi connectivity index (χ1v) is 4.95. The SMILES string of the molecule is CNCC(C)CNc1ncncc1Cl. The number of hydrogen-bond donors (Lipinski definition) is 2. The van der Waals surface area contributed by atoms with Crippen LogP contribution < -0.4 is 10.6 Å². The van der Waals surface area contributed by atoms with E-state index in [4.69, 9.17) is 11.6 Å². The number of halogens is 1. The highest BCUT2D eigenvalue weighted by Gasteiger charge is 2.03. The first-order valence-electron chi connectivity index (χ1n) is 4.58. The molecule has 0 saturated carbocycles. The molecule has 1 atom stereocenters. The van der Waals surface area contributed by atoms with Crippen molar-refractivity contribution in [2.45, 2.75) is 6.92 Å². The van der Waals surface area contributed by atoms with Crippen LogP contribution in [0.1, 0.15) is 6.92 Å². The maximum absolute atomic E-state index is 5.88. The minimum absolute atomic E-state index is 0.533. The van der Waals surface area contributed by atoms with Crippen molar-refractivity contribution < 1.29 is 0 Å². The van der Waals surface area contributed by atoms with Gasteiger partial charge in [-0.3, -0.25) is 0 Å². The fourth-order valence-corrected chi connectivity index (χ4v) is 1.31. The second kappa shape index (κ2) is 5.78. The highest BCUT2D eigenvalue weighted by Crippen LogP contribution is 2.15. The zero-order valence-electron chi connectivity index (χ0n) is 8.42. The molecule has 1 heterocycles. The van der Waals surface area contributed by atoms with Gasteiger partial charge in [0.2, 0.25) is 0 Å². The van der Waals surface area contributed by atoms with Crippen LogP contribution in [0.2, 0.25) is 5.02 Å². The molecule has 0 aliphatic rings. The molecule has 14 heavy (non-hydrogen) atoms. The van der Waals surface area contributed by atoms with E-state index in [1.807, 2.05) is 7.05 Å². The van der Waals surface area contributed by atoms with Crippen LogP contribution in [-0.4, -0.2) is 30.1 Å². The summed E-state index contributed by atoms with van der Waals surface area (Å²) < 4.78 is 0. The van der Waals surface area contributed by atoms with Crippen LogP contribution in [0.25, 0.3) is 0 Å².